The lowest BCUT2D eigenvalue weighted by Crippen LogP contribution is -2.27. The number of benzene rings is 1. The lowest BCUT2D eigenvalue weighted by Gasteiger charge is -2.23. The number of hydrogen-bond donors (Lipinski definition) is 0. The summed E-state index contributed by atoms with van der Waals surface area (Å²) in [4.78, 5) is 37.8. The van der Waals surface area contributed by atoms with Gasteiger partial charge in [0.05, 0.1) is 41.3 Å². The van der Waals surface area contributed by atoms with Crippen molar-refractivity contribution in [3.05, 3.63) is 47.2 Å². The Labute approximate surface area is 199 Å². The van der Waals surface area contributed by atoms with Crippen molar-refractivity contribution in [2.75, 3.05) is 13.7 Å². The zero-order chi connectivity index (χ0) is 24.5. The number of carbonyl (C=O) groups excluding carboxylic acids is 3. The lowest BCUT2D eigenvalue weighted by molar-refractivity contribution is -0.000433. The summed E-state index contributed by atoms with van der Waals surface area (Å²) >= 11 is 0. The van der Waals surface area contributed by atoms with Gasteiger partial charge in [-0.15, -0.1) is 0 Å². The molecule has 0 saturated heterocycles. The van der Waals surface area contributed by atoms with Crippen molar-refractivity contribution < 1.29 is 28.3 Å². The van der Waals surface area contributed by atoms with E-state index in [1.807, 2.05) is 26.8 Å². The molecule has 7 heteroatoms. The summed E-state index contributed by atoms with van der Waals surface area (Å²) in [6.45, 7) is 5.49. The molecule has 7 nitrogen and oxygen atoms in total. The van der Waals surface area contributed by atoms with Gasteiger partial charge in [-0.3, -0.25) is 14.2 Å². The van der Waals surface area contributed by atoms with E-state index in [9.17, 15) is 14.4 Å². The van der Waals surface area contributed by atoms with Crippen molar-refractivity contribution in [2.24, 2.45) is 0 Å². The van der Waals surface area contributed by atoms with Gasteiger partial charge in [0, 0.05) is 5.39 Å². The van der Waals surface area contributed by atoms with Gasteiger partial charge in [0.15, 0.2) is 12.0 Å². The molecule has 0 unspecified atom stereocenters. The highest BCUT2D eigenvalue weighted by atomic mass is 16.5. The van der Waals surface area contributed by atoms with Crippen LogP contribution in [0.2, 0.25) is 0 Å². The molecule has 1 aliphatic carbocycles. The number of carbonyl (C=O) groups is 3. The normalized spacial score (nSPS) is 14.9. The number of ether oxygens (including phenoxy) is 2. The summed E-state index contributed by atoms with van der Waals surface area (Å²) in [7, 11) is 1.33. The topological polar surface area (TPSA) is 87.7 Å². The molecule has 0 atom stereocenters. The molecule has 4 rings (SSSR count). The fourth-order valence-electron chi connectivity index (χ4n) is 4.79. The molecule has 2 aromatic heterocycles. The van der Waals surface area contributed by atoms with Crippen molar-refractivity contribution in [3.63, 3.8) is 0 Å². The fourth-order valence-corrected chi connectivity index (χ4v) is 4.79. The number of rotatable bonds is 6. The number of fused-ring (bicyclic) bond motifs is 1. The van der Waals surface area contributed by atoms with Crippen molar-refractivity contribution in [1.82, 2.24) is 4.57 Å². The average molecular weight is 466 g/mol. The van der Waals surface area contributed by atoms with E-state index in [2.05, 4.69) is 0 Å². The Morgan fingerprint density at radius 2 is 1.88 bits per heavy atom. The monoisotopic (exact) mass is 465 g/mol. The predicted octanol–water partition coefficient (Wildman–Crippen LogP) is 6.00. The second-order valence-corrected chi connectivity index (χ2v) is 9.77. The van der Waals surface area contributed by atoms with E-state index in [1.165, 1.54) is 19.8 Å². The molecule has 0 N–H and O–H groups in total. The van der Waals surface area contributed by atoms with E-state index in [4.69, 9.17) is 13.9 Å². The van der Waals surface area contributed by atoms with Crippen molar-refractivity contribution in [1.29, 1.82) is 0 Å². The second kappa shape index (κ2) is 9.58. The van der Waals surface area contributed by atoms with E-state index in [0.29, 0.717) is 28.1 Å². The minimum absolute atomic E-state index is 0.163. The predicted molar refractivity (Wildman–Crippen MR) is 129 cm³/mol. The van der Waals surface area contributed by atoms with Crippen LogP contribution >= 0.6 is 0 Å². The highest BCUT2D eigenvalue weighted by molar-refractivity contribution is 6.05. The van der Waals surface area contributed by atoms with E-state index in [1.54, 1.807) is 22.8 Å². The maximum absolute atomic E-state index is 13.7. The van der Waals surface area contributed by atoms with Crippen LogP contribution in [0.3, 0.4) is 0 Å². The molecule has 1 fully saturated rings. The van der Waals surface area contributed by atoms with Crippen molar-refractivity contribution in [2.45, 2.75) is 64.4 Å². The Kier molecular flexibility index (Phi) is 6.75. The second-order valence-electron chi connectivity index (χ2n) is 9.77. The Hall–Kier alpha value is -3.19. The molecule has 1 saturated carbocycles. The van der Waals surface area contributed by atoms with Gasteiger partial charge in [0.25, 0.3) is 5.91 Å². The molecule has 1 aliphatic rings. The van der Waals surface area contributed by atoms with E-state index in [-0.39, 0.29) is 18.4 Å². The largest absolute Gasteiger partial charge is 0.465 e. The first-order chi connectivity index (χ1) is 16.2. The summed E-state index contributed by atoms with van der Waals surface area (Å²) in [6, 6.07) is 6.86. The number of nitrogens with zero attached hydrogens (tertiary/aromatic N) is 1. The standard InChI is InChI=1S/C27H31NO6/c1-27(2,3)34-16-22(30)28-21-14-18(26(31)32-4)10-11-20(21)23(17-8-6-5-7-9-17)24(28)25-19(15-29)12-13-33-25/h10-15,17H,5-9,16H2,1-4H3. The molecule has 0 amide bonds. The van der Waals surface area contributed by atoms with Gasteiger partial charge in [0.1, 0.15) is 6.61 Å². The Balaban J connectivity index is 2.02. The smallest absolute Gasteiger partial charge is 0.337 e. The highest BCUT2D eigenvalue weighted by Gasteiger charge is 2.32. The maximum atomic E-state index is 13.7. The number of hydrogen-bond acceptors (Lipinski definition) is 6. The third kappa shape index (κ3) is 4.57. The first-order valence-electron chi connectivity index (χ1n) is 11.7. The van der Waals surface area contributed by atoms with Crippen molar-refractivity contribution in [3.8, 4) is 11.5 Å². The van der Waals surface area contributed by atoms with Gasteiger partial charge < -0.3 is 13.9 Å². The highest BCUT2D eigenvalue weighted by Crippen LogP contribution is 2.45. The summed E-state index contributed by atoms with van der Waals surface area (Å²) in [5.74, 6) is -0.222. The molecule has 0 aliphatic heterocycles. The number of furan rings is 1. The fraction of sp³-hybridized carbons (Fsp3) is 0.444. The molecule has 2 heterocycles. The summed E-state index contributed by atoms with van der Waals surface area (Å²) < 4.78 is 18.1. The summed E-state index contributed by atoms with van der Waals surface area (Å²) in [5.41, 5.74) is 2.33. The SMILES string of the molecule is COC(=O)c1ccc2c(C3CCCCC3)c(-c3occc3C=O)n(C(=O)COC(C)(C)C)c2c1. The van der Waals surface area contributed by atoms with Crippen LogP contribution < -0.4 is 0 Å². The van der Waals surface area contributed by atoms with Gasteiger partial charge in [0.2, 0.25) is 0 Å². The van der Waals surface area contributed by atoms with E-state index in [0.717, 1.165) is 42.9 Å². The zero-order valence-corrected chi connectivity index (χ0v) is 20.2. The quantitative estimate of drug-likeness (QED) is 0.328. The number of esters is 1. The molecule has 180 valence electrons. The lowest BCUT2D eigenvalue weighted by atomic mass is 9.82. The zero-order valence-electron chi connectivity index (χ0n) is 20.2. The van der Waals surface area contributed by atoms with Crippen LogP contribution in [-0.2, 0) is 9.47 Å². The molecular formula is C27H31NO6. The third-order valence-corrected chi connectivity index (χ3v) is 6.36. The summed E-state index contributed by atoms with van der Waals surface area (Å²) in [6.07, 6.45) is 7.52. The van der Waals surface area contributed by atoms with Crippen LogP contribution in [-0.4, -0.2) is 42.0 Å². The Morgan fingerprint density at radius 1 is 1.15 bits per heavy atom. The van der Waals surface area contributed by atoms with Crippen LogP contribution in [0.1, 0.15) is 89.9 Å². The first-order valence-corrected chi connectivity index (χ1v) is 11.7. The van der Waals surface area contributed by atoms with Crippen LogP contribution in [0, 0.1) is 0 Å². The third-order valence-electron chi connectivity index (χ3n) is 6.36. The van der Waals surface area contributed by atoms with Gasteiger partial charge in [-0.2, -0.15) is 0 Å². The minimum Gasteiger partial charge on any atom is -0.465 e. The van der Waals surface area contributed by atoms with Crippen LogP contribution in [0.4, 0.5) is 0 Å². The van der Waals surface area contributed by atoms with E-state index >= 15 is 0 Å². The molecule has 0 spiro atoms. The van der Waals surface area contributed by atoms with Crippen LogP contribution in [0.15, 0.2) is 34.9 Å². The molecule has 34 heavy (non-hydrogen) atoms. The summed E-state index contributed by atoms with van der Waals surface area (Å²) in [5, 5.41) is 0.868. The minimum atomic E-state index is -0.513. The van der Waals surface area contributed by atoms with Gasteiger partial charge in [-0.05, 0) is 63.3 Å². The van der Waals surface area contributed by atoms with Gasteiger partial charge in [-0.25, -0.2) is 4.79 Å². The van der Waals surface area contributed by atoms with Gasteiger partial charge >= 0.3 is 5.97 Å². The molecule has 1 aromatic carbocycles. The molecule has 0 radical (unpaired) electrons. The number of methoxy groups -OCH3 is 1. The van der Waals surface area contributed by atoms with E-state index < -0.39 is 11.6 Å². The Bertz CT molecular complexity index is 1220. The molecule has 3 aromatic rings. The van der Waals surface area contributed by atoms with Crippen LogP contribution in [0.5, 0.6) is 0 Å². The number of aldehydes is 1. The average Bonchev–Trinajstić information content (AvgIpc) is 3.43. The number of aromatic nitrogens is 1. The van der Waals surface area contributed by atoms with Crippen LogP contribution in [0.25, 0.3) is 22.4 Å². The molecular weight excluding hydrogens is 434 g/mol. The molecule has 0 bridgehead atoms. The Morgan fingerprint density at radius 3 is 2.53 bits per heavy atom. The first kappa shape index (κ1) is 24.0. The maximum Gasteiger partial charge on any atom is 0.337 e. The van der Waals surface area contributed by atoms with Gasteiger partial charge in [-0.1, -0.05) is 25.3 Å². The van der Waals surface area contributed by atoms with Crippen molar-refractivity contribution >= 4 is 29.1 Å².